The van der Waals surface area contributed by atoms with Crippen molar-refractivity contribution in [2.45, 2.75) is 19.9 Å². The highest BCUT2D eigenvalue weighted by Gasteiger charge is 2.44. The van der Waals surface area contributed by atoms with Gasteiger partial charge in [0.15, 0.2) is 11.6 Å². The number of anilines is 1. The van der Waals surface area contributed by atoms with Crippen LogP contribution in [-0.2, 0) is 9.53 Å². The first-order valence-corrected chi connectivity index (χ1v) is 5.75. The monoisotopic (exact) mass is 251 g/mol. The van der Waals surface area contributed by atoms with Gasteiger partial charge in [0, 0.05) is 11.7 Å². The number of aromatic hydroxyl groups is 1. The molecule has 2 unspecified atom stereocenters. The van der Waals surface area contributed by atoms with Crippen molar-refractivity contribution in [2.75, 3.05) is 18.5 Å². The van der Waals surface area contributed by atoms with E-state index < -0.39 is 5.41 Å². The van der Waals surface area contributed by atoms with Crippen LogP contribution in [0.15, 0.2) is 12.1 Å². The van der Waals surface area contributed by atoms with E-state index in [-0.39, 0.29) is 30.1 Å². The van der Waals surface area contributed by atoms with Crippen LogP contribution in [0.5, 0.6) is 5.75 Å². The lowest BCUT2D eigenvalue weighted by Gasteiger charge is -2.25. The van der Waals surface area contributed by atoms with Crippen molar-refractivity contribution >= 4 is 11.7 Å². The lowest BCUT2D eigenvalue weighted by Crippen LogP contribution is -2.47. The van der Waals surface area contributed by atoms with Crippen LogP contribution in [0.25, 0.3) is 0 Å². The Kier molecular flexibility index (Phi) is 3.23. The average molecular weight is 251 g/mol. The Hall–Kier alpha value is -1.66. The third-order valence-corrected chi connectivity index (χ3v) is 3.28. The van der Waals surface area contributed by atoms with Crippen LogP contribution < -0.4 is 11.1 Å². The number of carbonyl (C=O) groups is 1. The molecule has 1 saturated heterocycles. The van der Waals surface area contributed by atoms with Crippen LogP contribution in [0.2, 0.25) is 0 Å². The second kappa shape index (κ2) is 4.55. The molecule has 1 aliphatic heterocycles. The normalized spacial score (nSPS) is 27.2. The minimum absolute atomic E-state index is 0.0648. The number of carbonyl (C=O) groups excluding carboxylic acids is 1. The van der Waals surface area contributed by atoms with Gasteiger partial charge in [-0.3, -0.25) is 4.79 Å². The van der Waals surface area contributed by atoms with Gasteiger partial charge in [0.25, 0.3) is 0 Å². The highest BCUT2D eigenvalue weighted by molar-refractivity contribution is 5.96. The number of hydrogen-bond donors (Lipinski definition) is 3. The molecule has 2 heterocycles. The molecular formula is C12H17N3O3. The van der Waals surface area contributed by atoms with E-state index in [4.69, 9.17) is 10.5 Å². The predicted molar refractivity (Wildman–Crippen MR) is 66.2 cm³/mol. The Morgan fingerprint density at radius 2 is 2.39 bits per heavy atom. The fraction of sp³-hybridized carbons (Fsp3) is 0.500. The number of amides is 1. The summed E-state index contributed by atoms with van der Waals surface area (Å²) < 4.78 is 5.22. The molecule has 0 radical (unpaired) electrons. The number of hydrogen-bond acceptors (Lipinski definition) is 5. The topological polar surface area (TPSA) is 97.5 Å². The van der Waals surface area contributed by atoms with Gasteiger partial charge in [-0.25, -0.2) is 4.98 Å². The molecule has 6 nitrogen and oxygen atoms in total. The van der Waals surface area contributed by atoms with E-state index in [9.17, 15) is 9.90 Å². The van der Waals surface area contributed by atoms with E-state index in [1.807, 2.05) is 0 Å². The molecule has 1 fully saturated rings. The summed E-state index contributed by atoms with van der Waals surface area (Å²) in [5.74, 6) is -0.203. The van der Waals surface area contributed by atoms with Crippen molar-refractivity contribution in [1.82, 2.24) is 4.98 Å². The molecule has 0 spiro atoms. The van der Waals surface area contributed by atoms with Gasteiger partial charge in [0.1, 0.15) is 0 Å². The fourth-order valence-electron chi connectivity index (χ4n) is 1.81. The van der Waals surface area contributed by atoms with Crippen LogP contribution in [0.1, 0.15) is 12.6 Å². The molecule has 18 heavy (non-hydrogen) atoms. The van der Waals surface area contributed by atoms with Crippen molar-refractivity contribution in [3.8, 4) is 5.75 Å². The van der Waals surface area contributed by atoms with E-state index >= 15 is 0 Å². The van der Waals surface area contributed by atoms with E-state index in [2.05, 4.69) is 10.3 Å². The van der Waals surface area contributed by atoms with Gasteiger partial charge in [-0.15, -0.1) is 0 Å². The molecule has 0 saturated carbocycles. The first kappa shape index (κ1) is 12.8. The Labute approximate surface area is 105 Å². The van der Waals surface area contributed by atoms with Gasteiger partial charge in [0.05, 0.1) is 18.6 Å². The maximum atomic E-state index is 12.2. The zero-order chi connectivity index (χ0) is 13.3. The first-order chi connectivity index (χ1) is 8.43. The zero-order valence-corrected chi connectivity index (χ0v) is 10.4. The van der Waals surface area contributed by atoms with Crippen molar-refractivity contribution in [1.29, 1.82) is 0 Å². The minimum Gasteiger partial charge on any atom is -0.504 e. The molecule has 0 bridgehead atoms. The van der Waals surface area contributed by atoms with Gasteiger partial charge >= 0.3 is 0 Å². The van der Waals surface area contributed by atoms with E-state index in [1.54, 1.807) is 19.9 Å². The molecule has 2 rings (SSSR count). The van der Waals surface area contributed by atoms with Crippen LogP contribution in [0, 0.1) is 12.3 Å². The Bertz CT molecular complexity index is 478. The van der Waals surface area contributed by atoms with Gasteiger partial charge in [-0.1, -0.05) is 0 Å². The van der Waals surface area contributed by atoms with Gasteiger partial charge in [-0.2, -0.15) is 0 Å². The lowest BCUT2D eigenvalue weighted by molar-refractivity contribution is -0.125. The van der Waals surface area contributed by atoms with Crippen LogP contribution in [0.3, 0.4) is 0 Å². The van der Waals surface area contributed by atoms with E-state index in [0.29, 0.717) is 12.3 Å². The number of nitrogens with one attached hydrogen (secondary N) is 1. The molecule has 1 amide bonds. The van der Waals surface area contributed by atoms with E-state index in [1.165, 1.54) is 6.07 Å². The third kappa shape index (κ3) is 2.16. The molecule has 1 aromatic heterocycles. The van der Waals surface area contributed by atoms with Crippen molar-refractivity contribution in [3.63, 3.8) is 0 Å². The maximum absolute atomic E-state index is 12.2. The Morgan fingerprint density at radius 3 is 3.00 bits per heavy atom. The summed E-state index contributed by atoms with van der Waals surface area (Å²) in [5.41, 5.74) is 5.78. The number of nitrogens with zero attached hydrogens (tertiary/aromatic N) is 1. The smallest absolute Gasteiger partial charge is 0.235 e. The standard InChI is InChI=1S/C12H17N3O3/c1-7-3-4-8(16)10(14-7)15-11(17)12(2)6-18-5-9(12)13/h3-4,9,16H,5-6,13H2,1-2H3,(H,14,15,17). The largest absolute Gasteiger partial charge is 0.504 e. The summed E-state index contributed by atoms with van der Waals surface area (Å²) in [6, 6.07) is 2.80. The third-order valence-electron chi connectivity index (χ3n) is 3.28. The first-order valence-electron chi connectivity index (χ1n) is 5.75. The molecule has 1 aromatic rings. The SMILES string of the molecule is Cc1ccc(O)c(NC(=O)C2(C)COCC2N)n1. The second-order valence-corrected chi connectivity index (χ2v) is 4.81. The summed E-state index contributed by atoms with van der Waals surface area (Å²) in [6.45, 7) is 4.15. The van der Waals surface area contributed by atoms with Crippen LogP contribution in [0.4, 0.5) is 5.82 Å². The van der Waals surface area contributed by atoms with Crippen molar-refractivity contribution in [2.24, 2.45) is 11.1 Å². The average Bonchev–Trinajstić information content (AvgIpc) is 2.66. The summed E-state index contributed by atoms with van der Waals surface area (Å²) >= 11 is 0. The van der Waals surface area contributed by atoms with Gasteiger partial charge in [-0.05, 0) is 26.0 Å². The molecule has 0 aliphatic carbocycles. The van der Waals surface area contributed by atoms with Crippen LogP contribution >= 0.6 is 0 Å². The highest BCUT2D eigenvalue weighted by atomic mass is 16.5. The molecule has 0 aromatic carbocycles. The molecule has 6 heteroatoms. The van der Waals surface area contributed by atoms with Crippen LogP contribution in [-0.4, -0.2) is 35.3 Å². The summed E-state index contributed by atoms with van der Waals surface area (Å²) in [4.78, 5) is 16.3. The number of pyridine rings is 1. The minimum atomic E-state index is -0.794. The lowest BCUT2D eigenvalue weighted by atomic mass is 9.85. The molecule has 2 atom stereocenters. The van der Waals surface area contributed by atoms with Gasteiger partial charge in [0.2, 0.25) is 5.91 Å². The molecular weight excluding hydrogens is 234 g/mol. The Morgan fingerprint density at radius 1 is 1.67 bits per heavy atom. The molecule has 4 N–H and O–H groups in total. The maximum Gasteiger partial charge on any atom is 0.235 e. The zero-order valence-electron chi connectivity index (χ0n) is 10.4. The second-order valence-electron chi connectivity index (χ2n) is 4.81. The molecule has 98 valence electrons. The molecule has 1 aliphatic rings. The number of aryl methyl sites for hydroxylation is 1. The van der Waals surface area contributed by atoms with Crippen molar-refractivity contribution in [3.05, 3.63) is 17.8 Å². The number of ether oxygens (including phenoxy) is 1. The summed E-state index contributed by atoms with van der Waals surface area (Å²) in [5, 5.41) is 12.2. The summed E-state index contributed by atoms with van der Waals surface area (Å²) in [7, 11) is 0. The van der Waals surface area contributed by atoms with Crippen molar-refractivity contribution < 1.29 is 14.6 Å². The fourth-order valence-corrected chi connectivity index (χ4v) is 1.81. The number of aromatic nitrogens is 1. The number of nitrogens with two attached hydrogens (primary N) is 1. The Balaban J connectivity index is 2.19. The highest BCUT2D eigenvalue weighted by Crippen LogP contribution is 2.30. The number of rotatable bonds is 2. The quantitative estimate of drug-likeness (QED) is 0.706. The van der Waals surface area contributed by atoms with Gasteiger partial charge < -0.3 is 20.9 Å². The van der Waals surface area contributed by atoms with E-state index in [0.717, 1.165) is 0 Å². The predicted octanol–water partition coefficient (Wildman–Crippen LogP) is 0.398. The summed E-state index contributed by atoms with van der Waals surface area (Å²) in [6.07, 6.45) is 0.